The third-order valence-electron chi connectivity index (χ3n) is 6.28. The molecule has 1 saturated heterocycles. The van der Waals surface area contributed by atoms with Crippen LogP contribution >= 0.6 is 0 Å². The number of aliphatic hydroxyl groups is 1. The average molecular weight is 416 g/mol. The van der Waals surface area contributed by atoms with Crippen LogP contribution in [0.25, 0.3) is 0 Å². The SMILES string of the molecule is C=C(Nc1cccc2c1CC(O)CC2)C1CCN(c2cccc(C(F)(F)F)c2)CC1. The number of rotatable bonds is 4. The van der Waals surface area contributed by atoms with Crippen LogP contribution in [0.1, 0.15) is 36.0 Å². The van der Waals surface area contributed by atoms with Gasteiger partial charge in [-0.3, -0.25) is 0 Å². The van der Waals surface area contributed by atoms with E-state index in [0.29, 0.717) is 25.2 Å². The second-order valence-corrected chi connectivity index (χ2v) is 8.30. The molecule has 0 spiro atoms. The van der Waals surface area contributed by atoms with Gasteiger partial charge in [-0.1, -0.05) is 24.8 Å². The Bertz CT molecular complexity index is 917. The Morgan fingerprint density at radius 1 is 1.07 bits per heavy atom. The van der Waals surface area contributed by atoms with Gasteiger partial charge in [-0.05, 0) is 61.1 Å². The van der Waals surface area contributed by atoms with Gasteiger partial charge in [0.15, 0.2) is 0 Å². The number of aliphatic hydroxyl groups excluding tert-OH is 1. The lowest BCUT2D eigenvalue weighted by molar-refractivity contribution is -0.137. The number of hydrogen-bond acceptors (Lipinski definition) is 3. The molecule has 0 amide bonds. The Hall–Kier alpha value is -2.47. The average Bonchev–Trinajstić information content (AvgIpc) is 2.74. The van der Waals surface area contributed by atoms with E-state index in [2.05, 4.69) is 18.0 Å². The maximum absolute atomic E-state index is 13.0. The van der Waals surface area contributed by atoms with Gasteiger partial charge < -0.3 is 15.3 Å². The molecule has 4 rings (SSSR count). The molecule has 1 aliphatic carbocycles. The van der Waals surface area contributed by atoms with Crippen LogP contribution < -0.4 is 10.2 Å². The highest BCUT2D eigenvalue weighted by atomic mass is 19.4. The van der Waals surface area contributed by atoms with Crippen molar-refractivity contribution < 1.29 is 18.3 Å². The number of allylic oxidation sites excluding steroid dienone is 1. The van der Waals surface area contributed by atoms with Crippen LogP contribution in [-0.4, -0.2) is 24.3 Å². The highest BCUT2D eigenvalue weighted by Gasteiger charge is 2.31. The fourth-order valence-corrected chi connectivity index (χ4v) is 4.53. The molecule has 1 unspecified atom stereocenters. The molecule has 2 aromatic rings. The van der Waals surface area contributed by atoms with Gasteiger partial charge in [0.1, 0.15) is 0 Å². The smallest absolute Gasteiger partial charge is 0.393 e. The minimum absolute atomic E-state index is 0.261. The summed E-state index contributed by atoms with van der Waals surface area (Å²) in [7, 11) is 0. The normalized spacial score (nSPS) is 20.0. The molecule has 2 aliphatic rings. The summed E-state index contributed by atoms with van der Waals surface area (Å²) < 4.78 is 39.0. The molecule has 0 aromatic heterocycles. The molecule has 6 heteroatoms. The summed E-state index contributed by atoms with van der Waals surface area (Å²) in [6.07, 6.45) is -0.627. The number of halogens is 3. The van der Waals surface area contributed by atoms with E-state index < -0.39 is 11.7 Å². The van der Waals surface area contributed by atoms with E-state index >= 15 is 0 Å². The molecule has 0 radical (unpaired) electrons. The highest BCUT2D eigenvalue weighted by Crippen LogP contribution is 2.35. The van der Waals surface area contributed by atoms with E-state index in [0.717, 1.165) is 43.1 Å². The zero-order chi connectivity index (χ0) is 21.3. The first kappa shape index (κ1) is 20.8. The van der Waals surface area contributed by atoms with Crippen LogP contribution in [0.5, 0.6) is 0 Å². The van der Waals surface area contributed by atoms with Crippen molar-refractivity contribution in [1.29, 1.82) is 0 Å². The van der Waals surface area contributed by atoms with Gasteiger partial charge in [0.05, 0.1) is 11.7 Å². The summed E-state index contributed by atoms with van der Waals surface area (Å²) in [6.45, 7) is 5.63. The second-order valence-electron chi connectivity index (χ2n) is 8.30. The van der Waals surface area contributed by atoms with Crippen LogP contribution in [0.2, 0.25) is 0 Å². The van der Waals surface area contributed by atoms with Crippen molar-refractivity contribution in [3.05, 3.63) is 71.4 Å². The molecule has 1 heterocycles. The standard InChI is InChI=1S/C24H27F3N2O/c1-16(28-23-7-2-4-18-8-9-21(30)15-22(18)23)17-10-12-29(13-11-17)20-6-3-5-19(14-20)24(25,26)27/h2-7,14,17,21,28,30H,1,8-13,15H2. The van der Waals surface area contributed by atoms with E-state index in [-0.39, 0.29) is 12.0 Å². The molecular formula is C24H27F3N2O. The maximum atomic E-state index is 13.0. The lowest BCUT2D eigenvalue weighted by Gasteiger charge is -2.35. The summed E-state index contributed by atoms with van der Waals surface area (Å²) in [6, 6.07) is 11.7. The van der Waals surface area contributed by atoms with Crippen LogP contribution in [0, 0.1) is 5.92 Å². The molecule has 30 heavy (non-hydrogen) atoms. The monoisotopic (exact) mass is 416 g/mol. The van der Waals surface area contributed by atoms with Gasteiger partial charge in [0.25, 0.3) is 0 Å². The van der Waals surface area contributed by atoms with Gasteiger partial charge in [0.2, 0.25) is 0 Å². The number of piperidine rings is 1. The van der Waals surface area contributed by atoms with Gasteiger partial charge >= 0.3 is 6.18 Å². The molecule has 0 bridgehead atoms. The second kappa shape index (κ2) is 8.34. The Labute approximate surface area is 175 Å². The minimum Gasteiger partial charge on any atom is -0.393 e. The third kappa shape index (κ3) is 4.48. The summed E-state index contributed by atoms with van der Waals surface area (Å²) >= 11 is 0. The summed E-state index contributed by atoms with van der Waals surface area (Å²) in [5, 5.41) is 13.5. The first-order chi connectivity index (χ1) is 14.3. The van der Waals surface area contributed by atoms with Gasteiger partial charge in [-0.15, -0.1) is 0 Å². The summed E-state index contributed by atoms with van der Waals surface area (Å²) in [4.78, 5) is 2.01. The first-order valence-corrected chi connectivity index (χ1v) is 10.5. The molecule has 2 aromatic carbocycles. The molecule has 1 atom stereocenters. The van der Waals surface area contributed by atoms with Crippen molar-refractivity contribution in [2.24, 2.45) is 5.92 Å². The van der Waals surface area contributed by atoms with Crippen LogP contribution in [-0.2, 0) is 19.0 Å². The number of nitrogens with zero attached hydrogens (tertiary/aromatic N) is 1. The fraction of sp³-hybridized carbons (Fsp3) is 0.417. The zero-order valence-corrected chi connectivity index (χ0v) is 16.9. The van der Waals surface area contributed by atoms with Crippen molar-refractivity contribution in [3.63, 3.8) is 0 Å². The van der Waals surface area contributed by atoms with E-state index in [1.165, 1.54) is 23.3 Å². The zero-order valence-electron chi connectivity index (χ0n) is 16.9. The molecular weight excluding hydrogens is 389 g/mol. The molecule has 2 N–H and O–H groups in total. The molecule has 3 nitrogen and oxygen atoms in total. The van der Waals surface area contributed by atoms with Crippen molar-refractivity contribution >= 4 is 11.4 Å². The highest BCUT2D eigenvalue weighted by molar-refractivity contribution is 5.59. The topological polar surface area (TPSA) is 35.5 Å². The Balaban J connectivity index is 1.39. The van der Waals surface area contributed by atoms with E-state index in [9.17, 15) is 18.3 Å². The molecule has 160 valence electrons. The number of alkyl halides is 3. The number of nitrogens with one attached hydrogen (secondary N) is 1. The van der Waals surface area contributed by atoms with Crippen molar-refractivity contribution in [1.82, 2.24) is 0 Å². The maximum Gasteiger partial charge on any atom is 0.416 e. The van der Waals surface area contributed by atoms with Crippen LogP contribution in [0.3, 0.4) is 0 Å². The molecule has 0 saturated carbocycles. The minimum atomic E-state index is -4.32. The van der Waals surface area contributed by atoms with Gasteiger partial charge in [-0.2, -0.15) is 13.2 Å². The lowest BCUT2D eigenvalue weighted by Crippen LogP contribution is -2.35. The van der Waals surface area contributed by atoms with Crippen molar-refractivity contribution in [2.75, 3.05) is 23.3 Å². The Kier molecular flexibility index (Phi) is 5.78. The van der Waals surface area contributed by atoms with Crippen molar-refractivity contribution in [3.8, 4) is 0 Å². The summed E-state index contributed by atoms with van der Waals surface area (Å²) in [5.41, 5.74) is 4.40. The number of hydrogen-bond donors (Lipinski definition) is 2. The van der Waals surface area contributed by atoms with E-state index in [1.807, 2.05) is 17.0 Å². The Morgan fingerprint density at radius 2 is 1.80 bits per heavy atom. The van der Waals surface area contributed by atoms with Gasteiger partial charge in [0, 0.05) is 42.5 Å². The predicted octanol–water partition coefficient (Wildman–Crippen LogP) is 5.40. The molecule has 1 aliphatic heterocycles. The van der Waals surface area contributed by atoms with E-state index in [4.69, 9.17) is 0 Å². The molecule has 1 fully saturated rings. The van der Waals surface area contributed by atoms with Crippen LogP contribution in [0.15, 0.2) is 54.7 Å². The number of fused-ring (bicyclic) bond motifs is 1. The van der Waals surface area contributed by atoms with Gasteiger partial charge in [-0.25, -0.2) is 0 Å². The summed E-state index contributed by atoms with van der Waals surface area (Å²) in [5.74, 6) is 0.261. The van der Waals surface area contributed by atoms with E-state index in [1.54, 1.807) is 6.07 Å². The number of aryl methyl sites for hydroxylation is 1. The number of anilines is 2. The quantitative estimate of drug-likeness (QED) is 0.701. The lowest BCUT2D eigenvalue weighted by atomic mass is 9.88. The predicted molar refractivity (Wildman–Crippen MR) is 114 cm³/mol. The largest absolute Gasteiger partial charge is 0.416 e. The third-order valence-corrected chi connectivity index (χ3v) is 6.28. The van der Waals surface area contributed by atoms with Crippen molar-refractivity contribution in [2.45, 2.75) is 44.4 Å². The Morgan fingerprint density at radius 3 is 2.53 bits per heavy atom. The number of benzene rings is 2. The first-order valence-electron chi connectivity index (χ1n) is 10.5. The fourth-order valence-electron chi connectivity index (χ4n) is 4.53. The van der Waals surface area contributed by atoms with Crippen LogP contribution in [0.4, 0.5) is 24.5 Å².